The van der Waals surface area contributed by atoms with Crippen molar-refractivity contribution in [1.82, 2.24) is 0 Å². The molecule has 0 atom stereocenters. The monoisotopic (exact) mass is 352 g/mol. The summed E-state index contributed by atoms with van der Waals surface area (Å²) in [5, 5.41) is 20.9. The van der Waals surface area contributed by atoms with Crippen molar-refractivity contribution in [2.75, 3.05) is 7.11 Å². The van der Waals surface area contributed by atoms with Crippen LogP contribution in [0.1, 0.15) is 19.4 Å². The van der Waals surface area contributed by atoms with Gasteiger partial charge < -0.3 is 19.4 Å². The van der Waals surface area contributed by atoms with Gasteiger partial charge in [0.2, 0.25) is 5.43 Å². The third-order valence-corrected chi connectivity index (χ3v) is 4.22. The van der Waals surface area contributed by atoms with Crippen molar-refractivity contribution in [2.45, 2.75) is 20.3 Å². The summed E-state index contributed by atoms with van der Waals surface area (Å²) in [6.45, 7) is 3.84. The molecule has 1 heterocycles. The molecule has 0 radical (unpaired) electrons. The number of benzene rings is 2. The third-order valence-electron chi connectivity index (χ3n) is 4.22. The minimum atomic E-state index is -0.365. The van der Waals surface area contributed by atoms with Crippen LogP contribution in [-0.4, -0.2) is 17.3 Å². The Labute approximate surface area is 150 Å². The highest BCUT2D eigenvalue weighted by atomic mass is 16.5. The van der Waals surface area contributed by atoms with Crippen LogP contribution in [-0.2, 0) is 6.42 Å². The average Bonchev–Trinajstić information content (AvgIpc) is 2.61. The molecule has 0 spiro atoms. The van der Waals surface area contributed by atoms with Gasteiger partial charge in [0.1, 0.15) is 34.5 Å². The average molecular weight is 352 g/mol. The van der Waals surface area contributed by atoms with Gasteiger partial charge in [0, 0.05) is 11.6 Å². The molecule has 2 N–H and O–H groups in total. The van der Waals surface area contributed by atoms with E-state index in [4.69, 9.17) is 9.15 Å². The molecule has 5 nitrogen and oxygen atoms in total. The number of rotatable bonds is 4. The molecule has 0 aliphatic rings. The fourth-order valence-electron chi connectivity index (χ4n) is 2.79. The largest absolute Gasteiger partial charge is 0.507 e. The number of allylic oxidation sites excluding steroid dienone is 2. The predicted octanol–water partition coefficient (Wildman–Crippen LogP) is 4.39. The maximum Gasteiger partial charge on any atom is 0.204 e. The maximum absolute atomic E-state index is 13.0. The van der Waals surface area contributed by atoms with Crippen molar-refractivity contribution in [1.29, 1.82) is 0 Å². The van der Waals surface area contributed by atoms with Crippen molar-refractivity contribution in [2.24, 2.45) is 0 Å². The molecule has 5 heteroatoms. The second kappa shape index (κ2) is 6.96. The van der Waals surface area contributed by atoms with Gasteiger partial charge in [-0.25, -0.2) is 0 Å². The fraction of sp³-hybridized carbons (Fsp3) is 0.190. The second-order valence-electron chi connectivity index (χ2n) is 6.29. The minimum Gasteiger partial charge on any atom is -0.507 e. The first-order valence-corrected chi connectivity index (χ1v) is 8.19. The van der Waals surface area contributed by atoms with Crippen molar-refractivity contribution < 1.29 is 19.4 Å². The van der Waals surface area contributed by atoms with E-state index < -0.39 is 0 Å². The van der Waals surface area contributed by atoms with E-state index in [1.54, 1.807) is 31.4 Å². The Morgan fingerprint density at radius 3 is 2.69 bits per heavy atom. The molecule has 3 rings (SSSR count). The molecular weight excluding hydrogens is 332 g/mol. The highest BCUT2D eigenvalue weighted by Crippen LogP contribution is 2.36. The second-order valence-corrected chi connectivity index (χ2v) is 6.29. The fourth-order valence-corrected chi connectivity index (χ4v) is 2.79. The molecule has 3 aromatic rings. The number of hydrogen-bond acceptors (Lipinski definition) is 5. The zero-order chi connectivity index (χ0) is 18.8. The van der Waals surface area contributed by atoms with Gasteiger partial charge in [-0.3, -0.25) is 4.79 Å². The van der Waals surface area contributed by atoms with Crippen LogP contribution in [0.5, 0.6) is 17.2 Å². The van der Waals surface area contributed by atoms with Crippen LogP contribution in [0.4, 0.5) is 0 Å². The van der Waals surface area contributed by atoms with E-state index >= 15 is 0 Å². The highest BCUT2D eigenvalue weighted by Gasteiger charge is 2.18. The Balaban J connectivity index is 2.25. The van der Waals surface area contributed by atoms with Crippen LogP contribution >= 0.6 is 0 Å². The van der Waals surface area contributed by atoms with Gasteiger partial charge in [-0.05, 0) is 38.0 Å². The minimum absolute atomic E-state index is 0.0558. The zero-order valence-electron chi connectivity index (χ0n) is 14.9. The lowest BCUT2D eigenvalue weighted by Gasteiger charge is -2.10. The smallest absolute Gasteiger partial charge is 0.204 e. The molecule has 1 aromatic heterocycles. The maximum atomic E-state index is 13.0. The summed E-state index contributed by atoms with van der Waals surface area (Å²) in [6.07, 6.45) is 3.51. The number of methoxy groups -OCH3 is 1. The number of ether oxygens (including phenoxy) is 1. The van der Waals surface area contributed by atoms with Gasteiger partial charge in [-0.2, -0.15) is 0 Å². The van der Waals surface area contributed by atoms with Crippen LogP contribution in [0.15, 0.2) is 57.5 Å². The Hall–Kier alpha value is -3.21. The van der Waals surface area contributed by atoms with E-state index in [2.05, 4.69) is 0 Å². The first-order chi connectivity index (χ1) is 12.4. The molecule has 0 bridgehead atoms. The molecule has 2 aromatic carbocycles. The SMILES string of the molecule is COc1cccc(-c2coc3cc(O)c(CC=C(C)C)c(O)c3c2=O)c1. The molecule has 0 aliphatic carbocycles. The first kappa shape index (κ1) is 17.6. The van der Waals surface area contributed by atoms with Gasteiger partial charge >= 0.3 is 0 Å². The molecule has 0 saturated carbocycles. The Morgan fingerprint density at radius 2 is 2.00 bits per heavy atom. The van der Waals surface area contributed by atoms with Crippen LogP contribution in [0.2, 0.25) is 0 Å². The van der Waals surface area contributed by atoms with Gasteiger partial charge in [0.15, 0.2) is 0 Å². The third kappa shape index (κ3) is 3.16. The number of hydrogen-bond donors (Lipinski definition) is 2. The molecule has 134 valence electrons. The summed E-state index contributed by atoms with van der Waals surface area (Å²) in [5.74, 6) is 0.252. The van der Waals surface area contributed by atoms with E-state index in [-0.39, 0.29) is 27.9 Å². The van der Waals surface area contributed by atoms with Crippen LogP contribution < -0.4 is 10.2 Å². The number of phenolic OH excluding ortho intramolecular Hbond substituents is 2. The Morgan fingerprint density at radius 1 is 1.23 bits per heavy atom. The van der Waals surface area contributed by atoms with E-state index in [1.807, 2.05) is 19.9 Å². The Kier molecular flexibility index (Phi) is 4.71. The van der Waals surface area contributed by atoms with E-state index in [0.29, 0.717) is 28.9 Å². The summed E-state index contributed by atoms with van der Waals surface area (Å²) < 4.78 is 10.7. The lowest BCUT2D eigenvalue weighted by molar-refractivity contribution is 0.415. The zero-order valence-corrected chi connectivity index (χ0v) is 14.9. The predicted molar refractivity (Wildman–Crippen MR) is 101 cm³/mol. The molecule has 0 fully saturated rings. The molecule has 26 heavy (non-hydrogen) atoms. The first-order valence-electron chi connectivity index (χ1n) is 8.19. The topological polar surface area (TPSA) is 79.9 Å². The van der Waals surface area contributed by atoms with E-state index in [9.17, 15) is 15.0 Å². The van der Waals surface area contributed by atoms with Crippen molar-refractivity contribution in [3.63, 3.8) is 0 Å². The molecular formula is C21H20O5. The van der Waals surface area contributed by atoms with E-state index in [0.717, 1.165) is 5.57 Å². The summed E-state index contributed by atoms with van der Waals surface area (Å²) in [6, 6.07) is 8.40. The Bertz CT molecular complexity index is 1060. The van der Waals surface area contributed by atoms with Crippen LogP contribution in [0.3, 0.4) is 0 Å². The number of phenols is 2. The summed E-state index contributed by atoms with van der Waals surface area (Å²) in [7, 11) is 1.55. The number of fused-ring (bicyclic) bond motifs is 1. The van der Waals surface area contributed by atoms with Crippen LogP contribution in [0.25, 0.3) is 22.1 Å². The molecule has 0 aliphatic heterocycles. The summed E-state index contributed by atoms with van der Waals surface area (Å²) >= 11 is 0. The molecule has 0 saturated heterocycles. The van der Waals surface area contributed by atoms with Crippen LogP contribution in [0, 0.1) is 0 Å². The summed E-state index contributed by atoms with van der Waals surface area (Å²) in [4.78, 5) is 13.0. The van der Waals surface area contributed by atoms with Gasteiger partial charge in [0.05, 0.1) is 12.7 Å². The number of aromatic hydroxyl groups is 2. The quantitative estimate of drug-likeness (QED) is 0.681. The highest BCUT2D eigenvalue weighted by molar-refractivity contribution is 5.89. The molecule has 0 amide bonds. The standard InChI is InChI=1S/C21H20O5/c1-12(2)7-8-15-17(22)10-18-19(20(15)23)21(24)16(11-26-18)13-5-4-6-14(9-13)25-3/h4-7,9-11,22-23H,8H2,1-3H3. The van der Waals surface area contributed by atoms with Crippen molar-refractivity contribution in [3.8, 4) is 28.4 Å². The lowest BCUT2D eigenvalue weighted by Crippen LogP contribution is -2.06. The van der Waals surface area contributed by atoms with E-state index in [1.165, 1.54) is 12.3 Å². The molecule has 0 unspecified atom stereocenters. The van der Waals surface area contributed by atoms with Crippen molar-refractivity contribution >= 4 is 11.0 Å². The van der Waals surface area contributed by atoms with Gasteiger partial charge in [-0.1, -0.05) is 23.8 Å². The van der Waals surface area contributed by atoms with Gasteiger partial charge in [0.25, 0.3) is 0 Å². The normalized spacial score (nSPS) is 10.7. The lowest BCUT2D eigenvalue weighted by atomic mass is 10.0. The summed E-state index contributed by atoms with van der Waals surface area (Å²) in [5.41, 5.74) is 2.05. The van der Waals surface area contributed by atoms with Crippen molar-refractivity contribution in [3.05, 3.63) is 64.0 Å². The van der Waals surface area contributed by atoms with Gasteiger partial charge in [-0.15, -0.1) is 0 Å².